The van der Waals surface area contributed by atoms with Gasteiger partial charge < -0.3 is 10.2 Å². The summed E-state index contributed by atoms with van der Waals surface area (Å²) in [4.78, 5) is 3.08. The van der Waals surface area contributed by atoms with E-state index in [4.69, 9.17) is 0 Å². The lowest BCUT2D eigenvalue weighted by atomic mass is 10.2. The van der Waals surface area contributed by atoms with Crippen LogP contribution in [-0.2, 0) is 16.6 Å². The highest BCUT2D eigenvalue weighted by Crippen LogP contribution is 2.22. The molecular formula is C14H27N3O2S2. The van der Waals surface area contributed by atoms with Crippen LogP contribution < -0.4 is 10.0 Å². The van der Waals surface area contributed by atoms with Gasteiger partial charge in [-0.25, -0.2) is 13.1 Å². The molecule has 0 aliphatic carbocycles. The molecule has 21 heavy (non-hydrogen) atoms. The van der Waals surface area contributed by atoms with Gasteiger partial charge in [0.2, 0.25) is 10.0 Å². The van der Waals surface area contributed by atoms with E-state index in [1.807, 2.05) is 32.0 Å². The Morgan fingerprint density at radius 2 is 1.90 bits per heavy atom. The number of rotatable bonds is 9. The second-order valence-corrected chi connectivity index (χ2v) is 8.98. The Morgan fingerprint density at radius 3 is 2.48 bits per heavy atom. The maximum atomic E-state index is 12.3. The van der Waals surface area contributed by atoms with Gasteiger partial charge in [0.05, 0.1) is 0 Å². The summed E-state index contributed by atoms with van der Waals surface area (Å²) in [5, 5.41) is 3.29. The molecule has 1 atom stereocenters. The second kappa shape index (κ2) is 8.24. The molecule has 7 heteroatoms. The highest BCUT2D eigenvalue weighted by molar-refractivity contribution is 7.91. The first-order valence-corrected chi connectivity index (χ1v) is 9.50. The summed E-state index contributed by atoms with van der Waals surface area (Å²) in [6.07, 6.45) is 0.791. The quantitative estimate of drug-likeness (QED) is 0.724. The summed E-state index contributed by atoms with van der Waals surface area (Å²) in [6, 6.07) is 3.87. The second-order valence-electron chi connectivity index (χ2n) is 5.87. The van der Waals surface area contributed by atoms with Crippen molar-refractivity contribution in [3.8, 4) is 0 Å². The third kappa shape index (κ3) is 6.88. The molecule has 0 saturated heterocycles. The zero-order chi connectivity index (χ0) is 16.0. The van der Waals surface area contributed by atoms with Gasteiger partial charge in [0, 0.05) is 23.5 Å². The van der Waals surface area contributed by atoms with Crippen molar-refractivity contribution in [3.05, 3.63) is 17.0 Å². The minimum Gasteiger partial charge on any atom is -0.310 e. The lowest BCUT2D eigenvalue weighted by Gasteiger charge is -2.16. The van der Waals surface area contributed by atoms with E-state index in [2.05, 4.69) is 23.9 Å². The molecule has 122 valence electrons. The van der Waals surface area contributed by atoms with Crippen LogP contribution in [0.4, 0.5) is 0 Å². The average Bonchev–Trinajstić information content (AvgIpc) is 2.83. The topological polar surface area (TPSA) is 61.4 Å². The predicted octanol–water partition coefficient (Wildman–Crippen LogP) is 1.86. The number of thiophene rings is 1. The van der Waals surface area contributed by atoms with Crippen molar-refractivity contribution in [2.24, 2.45) is 0 Å². The molecule has 1 unspecified atom stereocenters. The van der Waals surface area contributed by atoms with Crippen molar-refractivity contribution in [1.82, 2.24) is 14.9 Å². The Hall–Kier alpha value is -0.470. The number of nitrogens with one attached hydrogen (secondary N) is 2. The molecule has 0 fully saturated rings. The normalized spacial score (nSPS) is 14.0. The van der Waals surface area contributed by atoms with Gasteiger partial charge in [0.25, 0.3) is 0 Å². The highest BCUT2D eigenvalue weighted by Gasteiger charge is 2.19. The van der Waals surface area contributed by atoms with Crippen LogP contribution in [-0.4, -0.2) is 46.0 Å². The number of hydrogen-bond acceptors (Lipinski definition) is 5. The smallest absolute Gasteiger partial charge is 0.250 e. The maximum Gasteiger partial charge on any atom is 0.250 e. The molecule has 2 N–H and O–H groups in total. The van der Waals surface area contributed by atoms with E-state index in [0.717, 1.165) is 17.8 Å². The fourth-order valence-corrected chi connectivity index (χ4v) is 4.34. The number of hydrogen-bond donors (Lipinski definition) is 2. The van der Waals surface area contributed by atoms with Crippen molar-refractivity contribution in [3.63, 3.8) is 0 Å². The first-order valence-electron chi connectivity index (χ1n) is 7.20. The van der Waals surface area contributed by atoms with E-state index in [1.165, 1.54) is 11.3 Å². The Balaban J connectivity index is 2.61. The van der Waals surface area contributed by atoms with Crippen molar-refractivity contribution >= 4 is 21.4 Å². The highest BCUT2D eigenvalue weighted by atomic mass is 32.2. The van der Waals surface area contributed by atoms with Crippen LogP contribution in [0.15, 0.2) is 16.3 Å². The largest absolute Gasteiger partial charge is 0.310 e. The molecule has 1 aromatic heterocycles. The third-order valence-electron chi connectivity index (χ3n) is 2.95. The van der Waals surface area contributed by atoms with Crippen LogP contribution >= 0.6 is 11.3 Å². The minimum absolute atomic E-state index is 0.0725. The van der Waals surface area contributed by atoms with E-state index < -0.39 is 10.0 Å². The van der Waals surface area contributed by atoms with E-state index in [1.54, 1.807) is 6.07 Å². The maximum absolute atomic E-state index is 12.3. The molecule has 1 aromatic rings. The summed E-state index contributed by atoms with van der Waals surface area (Å²) in [7, 11) is 0.558. The fraction of sp³-hybridized carbons (Fsp3) is 0.714. The molecule has 0 aliphatic heterocycles. The van der Waals surface area contributed by atoms with Gasteiger partial charge in [0.1, 0.15) is 4.21 Å². The number of sulfonamides is 1. The van der Waals surface area contributed by atoms with Crippen molar-refractivity contribution in [1.29, 1.82) is 0 Å². The molecule has 0 bridgehead atoms. The standard InChI is InChI=1S/C14H27N3O2S2/c1-11(2)15-10-13-6-7-14(20-13)21(18,19)16-12(3)8-9-17(4)5/h6-7,11-12,15-16H,8-10H2,1-5H3. The molecule has 0 saturated carbocycles. The Kier molecular flexibility index (Phi) is 7.29. The molecule has 0 aliphatic rings. The van der Waals surface area contributed by atoms with Crippen LogP contribution in [0.2, 0.25) is 0 Å². The van der Waals surface area contributed by atoms with Crippen LogP contribution in [0.5, 0.6) is 0 Å². The van der Waals surface area contributed by atoms with Gasteiger partial charge in [-0.3, -0.25) is 0 Å². The van der Waals surface area contributed by atoms with E-state index in [-0.39, 0.29) is 6.04 Å². The molecule has 0 spiro atoms. The Labute approximate surface area is 132 Å². The van der Waals surface area contributed by atoms with Crippen LogP contribution in [0.1, 0.15) is 32.1 Å². The zero-order valence-corrected chi connectivity index (χ0v) is 15.1. The summed E-state index contributed by atoms with van der Waals surface area (Å²) in [5.74, 6) is 0. The molecule has 0 amide bonds. The van der Waals surface area contributed by atoms with Crippen molar-refractivity contribution in [2.75, 3.05) is 20.6 Å². The van der Waals surface area contributed by atoms with Crippen LogP contribution in [0, 0.1) is 0 Å². The van der Waals surface area contributed by atoms with Gasteiger partial charge >= 0.3 is 0 Å². The lowest BCUT2D eigenvalue weighted by Crippen LogP contribution is -2.34. The summed E-state index contributed by atoms with van der Waals surface area (Å²) in [6.45, 7) is 7.60. The van der Waals surface area contributed by atoms with Gasteiger partial charge in [-0.2, -0.15) is 0 Å². The van der Waals surface area contributed by atoms with Gasteiger partial charge in [-0.15, -0.1) is 11.3 Å². The molecule has 0 aromatic carbocycles. The van der Waals surface area contributed by atoms with Crippen molar-refractivity contribution in [2.45, 2.75) is 50.0 Å². The van der Waals surface area contributed by atoms with Crippen LogP contribution in [0.3, 0.4) is 0 Å². The summed E-state index contributed by atoms with van der Waals surface area (Å²) < 4.78 is 27.7. The lowest BCUT2D eigenvalue weighted by molar-refractivity contribution is 0.379. The fourth-order valence-electron chi connectivity index (χ4n) is 1.74. The van der Waals surface area contributed by atoms with Crippen LogP contribution in [0.25, 0.3) is 0 Å². The first kappa shape index (κ1) is 18.6. The first-order chi connectivity index (χ1) is 9.70. The van der Waals surface area contributed by atoms with Gasteiger partial charge in [0.15, 0.2) is 0 Å². The predicted molar refractivity (Wildman–Crippen MR) is 89.2 cm³/mol. The Bertz CT molecular complexity index is 524. The van der Waals surface area contributed by atoms with Gasteiger partial charge in [-0.05, 0) is 46.1 Å². The average molecular weight is 334 g/mol. The summed E-state index contributed by atoms with van der Waals surface area (Å²) in [5.41, 5.74) is 0. The van der Waals surface area contributed by atoms with E-state index in [0.29, 0.717) is 16.8 Å². The summed E-state index contributed by atoms with van der Waals surface area (Å²) >= 11 is 1.32. The third-order valence-corrected chi connectivity index (χ3v) is 6.12. The molecule has 1 heterocycles. The van der Waals surface area contributed by atoms with Crippen molar-refractivity contribution < 1.29 is 8.42 Å². The number of nitrogens with zero attached hydrogens (tertiary/aromatic N) is 1. The molecular weight excluding hydrogens is 306 g/mol. The minimum atomic E-state index is -3.40. The van der Waals surface area contributed by atoms with E-state index in [9.17, 15) is 8.42 Å². The zero-order valence-electron chi connectivity index (χ0n) is 13.5. The van der Waals surface area contributed by atoms with E-state index >= 15 is 0 Å². The van der Waals surface area contributed by atoms with Gasteiger partial charge in [-0.1, -0.05) is 13.8 Å². The molecule has 5 nitrogen and oxygen atoms in total. The molecule has 0 radical (unpaired) electrons. The SMILES string of the molecule is CC(C)NCc1ccc(S(=O)(=O)NC(C)CCN(C)C)s1. The monoisotopic (exact) mass is 333 g/mol. The molecule has 1 rings (SSSR count). The Morgan fingerprint density at radius 1 is 1.24 bits per heavy atom.